The van der Waals surface area contributed by atoms with Gasteiger partial charge in [-0.2, -0.15) is 0 Å². The molecule has 1 heterocycles. The lowest BCUT2D eigenvalue weighted by Crippen LogP contribution is -2.31. The molecule has 170 valence electrons. The molecule has 0 saturated heterocycles. The van der Waals surface area contributed by atoms with Gasteiger partial charge >= 0.3 is 5.91 Å². The SMILES string of the molecule is Cc1ccc(N2C(=O)C(=O)C(C(=O)c3cc(C)ccc3C)=C2C(=O)c2cc(C)ccc2C)cc1. The molecule has 0 saturated carbocycles. The molecule has 0 unspecified atom stereocenters. The number of benzene rings is 3. The van der Waals surface area contributed by atoms with Crippen LogP contribution in [0.25, 0.3) is 0 Å². The topological polar surface area (TPSA) is 71.5 Å². The molecule has 3 aromatic rings. The van der Waals surface area contributed by atoms with Crippen molar-refractivity contribution >= 4 is 28.9 Å². The molecule has 0 spiro atoms. The van der Waals surface area contributed by atoms with Gasteiger partial charge in [0.15, 0.2) is 5.78 Å². The Bertz CT molecular complexity index is 1410. The molecule has 4 rings (SSSR count). The van der Waals surface area contributed by atoms with E-state index in [1.165, 1.54) is 0 Å². The third-order valence-corrected chi connectivity index (χ3v) is 6.09. The van der Waals surface area contributed by atoms with Crippen LogP contribution in [0.3, 0.4) is 0 Å². The van der Waals surface area contributed by atoms with E-state index in [0.717, 1.165) is 21.6 Å². The van der Waals surface area contributed by atoms with Crippen molar-refractivity contribution in [2.75, 3.05) is 4.90 Å². The maximum Gasteiger partial charge on any atom is 0.304 e. The van der Waals surface area contributed by atoms with Crippen LogP contribution in [0.2, 0.25) is 0 Å². The zero-order chi connectivity index (χ0) is 24.7. The van der Waals surface area contributed by atoms with E-state index < -0.39 is 23.3 Å². The monoisotopic (exact) mass is 451 g/mol. The highest BCUT2D eigenvalue weighted by Gasteiger charge is 2.46. The molecule has 1 aliphatic heterocycles. The molecule has 34 heavy (non-hydrogen) atoms. The van der Waals surface area contributed by atoms with E-state index in [4.69, 9.17) is 0 Å². The summed E-state index contributed by atoms with van der Waals surface area (Å²) in [5.41, 5.74) is 4.44. The van der Waals surface area contributed by atoms with Crippen LogP contribution in [0.1, 0.15) is 48.5 Å². The van der Waals surface area contributed by atoms with Crippen LogP contribution in [0, 0.1) is 34.6 Å². The Kier molecular flexibility index (Phi) is 5.88. The highest BCUT2D eigenvalue weighted by Crippen LogP contribution is 2.34. The highest BCUT2D eigenvalue weighted by molar-refractivity contribution is 6.59. The molecule has 3 aromatic carbocycles. The summed E-state index contributed by atoms with van der Waals surface area (Å²) in [4.78, 5) is 55.1. The second kappa shape index (κ2) is 8.67. The molecular weight excluding hydrogens is 426 g/mol. The van der Waals surface area contributed by atoms with Crippen molar-refractivity contribution in [1.29, 1.82) is 0 Å². The number of carbonyl (C=O) groups excluding carboxylic acids is 4. The Morgan fingerprint density at radius 2 is 1.09 bits per heavy atom. The van der Waals surface area contributed by atoms with E-state index in [2.05, 4.69) is 0 Å². The maximum absolute atomic E-state index is 13.9. The third-order valence-electron chi connectivity index (χ3n) is 6.09. The van der Waals surface area contributed by atoms with Gasteiger partial charge in [0.2, 0.25) is 5.78 Å². The molecule has 0 atom stereocenters. The minimum atomic E-state index is -0.972. The van der Waals surface area contributed by atoms with Crippen LogP contribution in [0.5, 0.6) is 0 Å². The minimum Gasteiger partial charge on any atom is -0.288 e. The summed E-state index contributed by atoms with van der Waals surface area (Å²) in [5, 5.41) is 0. The summed E-state index contributed by atoms with van der Waals surface area (Å²) in [6.07, 6.45) is 0. The third kappa shape index (κ3) is 3.90. The number of allylic oxidation sites excluding steroid dienone is 1. The maximum atomic E-state index is 13.9. The summed E-state index contributed by atoms with van der Waals surface area (Å²) in [7, 11) is 0. The number of hydrogen-bond donors (Lipinski definition) is 0. The second-order valence-electron chi connectivity index (χ2n) is 8.82. The van der Waals surface area contributed by atoms with E-state index >= 15 is 0 Å². The summed E-state index contributed by atoms with van der Waals surface area (Å²) in [6.45, 7) is 9.14. The molecule has 0 N–H and O–H groups in total. The Morgan fingerprint density at radius 1 is 0.618 bits per heavy atom. The standard InChI is InChI=1S/C29H25NO4/c1-16-8-12-21(13-9-16)30-25(27(32)23-15-18(3)7-11-20(23)5)24(28(33)29(30)34)26(31)22-14-17(2)6-10-19(22)4/h6-15H,1-5H3. The van der Waals surface area contributed by atoms with Gasteiger partial charge in [-0.15, -0.1) is 0 Å². The lowest BCUT2D eigenvalue weighted by atomic mass is 9.92. The van der Waals surface area contributed by atoms with Crippen LogP contribution >= 0.6 is 0 Å². The zero-order valence-corrected chi connectivity index (χ0v) is 19.9. The number of aryl methyl sites for hydroxylation is 5. The van der Waals surface area contributed by atoms with E-state index in [9.17, 15) is 19.2 Å². The first kappa shape index (κ1) is 23.1. The first-order valence-corrected chi connectivity index (χ1v) is 11.0. The molecule has 5 nitrogen and oxygen atoms in total. The Labute approximate surface area is 198 Å². The van der Waals surface area contributed by atoms with E-state index in [-0.39, 0.29) is 11.3 Å². The van der Waals surface area contributed by atoms with Crippen molar-refractivity contribution in [3.05, 3.63) is 111 Å². The molecule has 0 aliphatic carbocycles. The second-order valence-corrected chi connectivity index (χ2v) is 8.82. The average molecular weight is 452 g/mol. The molecular formula is C29H25NO4. The summed E-state index contributed by atoms with van der Waals surface area (Å²) >= 11 is 0. The molecule has 1 amide bonds. The number of hydrogen-bond acceptors (Lipinski definition) is 4. The number of amides is 1. The number of carbonyl (C=O) groups is 4. The lowest BCUT2D eigenvalue weighted by molar-refractivity contribution is -0.132. The summed E-state index contributed by atoms with van der Waals surface area (Å²) in [5.74, 6) is -3.04. The van der Waals surface area contributed by atoms with Crippen molar-refractivity contribution < 1.29 is 19.2 Å². The van der Waals surface area contributed by atoms with Gasteiger partial charge in [-0.1, -0.05) is 53.1 Å². The van der Waals surface area contributed by atoms with Crippen LogP contribution < -0.4 is 4.90 Å². The van der Waals surface area contributed by atoms with Gasteiger partial charge in [0.05, 0.1) is 0 Å². The van der Waals surface area contributed by atoms with E-state index in [0.29, 0.717) is 27.9 Å². The van der Waals surface area contributed by atoms with Gasteiger partial charge in [0.1, 0.15) is 11.3 Å². The van der Waals surface area contributed by atoms with Gasteiger partial charge in [-0.3, -0.25) is 24.1 Å². The van der Waals surface area contributed by atoms with Crippen molar-refractivity contribution in [3.63, 3.8) is 0 Å². The Morgan fingerprint density at radius 3 is 1.62 bits per heavy atom. The predicted octanol–water partition coefficient (Wildman–Crippen LogP) is 5.16. The fourth-order valence-corrected chi connectivity index (χ4v) is 4.12. The number of rotatable bonds is 5. The summed E-state index contributed by atoms with van der Waals surface area (Å²) < 4.78 is 0. The smallest absolute Gasteiger partial charge is 0.288 e. The lowest BCUT2D eigenvalue weighted by Gasteiger charge is -2.20. The van der Waals surface area contributed by atoms with Crippen LogP contribution in [0.4, 0.5) is 5.69 Å². The molecule has 0 bridgehead atoms. The Balaban J connectivity index is 2.00. The number of nitrogens with zero attached hydrogens (tertiary/aromatic N) is 1. The number of anilines is 1. The van der Waals surface area contributed by atoms with Gasteiger partial charge in [-0.05, 0) is 70.0 Å². The number of ketones is 3. The van der Waals surface area contributed by atoms with Crippen molar-refractivity contribution in [3.8, 4) is 0 Å². The van der Waals surface area contributed by atoms with Gasteiger partial charge in [-0.25, -0.2) is 0 Å². The van der Waals surface area contributed by atoms with Gasteiger partial charge in [0, 0.05) is 16.8 Å². The molecule has 0 fully saturated rings. The Hall–Kier alpha value is -4.12. The largest absolute Gasteiger partial charge is 0.304 e. The fraction of sp³-hybridized carbons (Fsp3) is 0.172. The normalized spacial score (nSPS) is 13.6. The average Bonchev–Trinajstić information content (AvgIpc) is 3.07. The molecule has 0 radical (unpaired) electrons. The molecule has 1 aliphatic rings. The van der Waals surface area contributed by atoms with Crippen LogP contribution in [-0.2, 0) is 9.59 Å². The predicted molar refractivity (Wildman–Crippen MR) is 131 cm³/mol. The number of Topliss-reactive ketones (excluding diaryl/α,β-unsaturated/α-hetero) is 3. The van der Waals surface area contributed by atoms with Crippen molar-refractivity contribution in [2.45, 2.75) is 34.6 Å². The van der Waals surface area contributed by atoms with Crippen LogP contribution in [-0.4, -0.2) is 23.3 Å². The van der Waals surface area contributed by atoms with Gasteiger partial charge < -0.3 is 0 Å². The minimum absolute atomic E-state index is 0.196. The molecule has 0 aromatic heterocycles. The quantitative estimate of drug-likeness (QED) is 0.305. The van der Waals surface area contributed by atoms with Crippen LogP contribution in [0.15, 0.2) is 71.9 Å². The molecule has 5 heteroatoms. The van der Waals surface area contributed by atoms with E-state index in [1.807, 2.05) is 39.0 Å². The van der Waals surface area contributed by atoms with E-state index in [1.54, 1.807) is 56.3 Å². The zero-order valence-electron chi connectivity index (χ0n) is 19.9. The summed E-state index contributed by atoms with van der Waals surface area (Å²) in [6, 6.07) is 17.6. The highest BCUT2D eigenvalue weighted by atomic mass is 16.2. The first-order valence-electron chi connectivity index (χ1n) is 11.0. The van der Waals surface area contributed by atoms with Crippen molar-refractivity contribution in [2.24, 2.45) is 0 Å². The fourth-order valence-electron chi connectivity index (χ4n) is 4.12. The first-order chi connectivity index (χ1) is 16.1. The van der Waals surface area contributed by atoms with Crippen molar-refractivity contribution in [1.82, 2.24) is 0 Å². The van der Waals surface area contributed by atoms with Gasteiger partial charge in [0.25, 0.3) is 5.78 Å².